The third-order valence-corrected chi connectivity index (χ3v) is 7.75. The van der Waals surface area contributed by atoms with Gasteiger partial charge >= 0.3 is 0 Å². The third kappa shape index (κ3) is 5.14. The number of benzene rings is 3. The fourth-order valence-corrected chi connectivity index (χ4v) is 6.13. The first-order valence-corrected chi connectivity index (χ1v) is 12.7. The van der Waals surface area contributed by atoms with Gasteiger partial charge < -0.3 is 10.2 Å². The molecule has 34 heavy (non-hydrogen) atoms. The van der Waals surface area contributed by atoms with E-state index in [0.29, 0.717) is 11.4 Å². The molecule has 1 aliphatic rings. The topological polar surface area (TPSA) is 49.4 Å². The lowest BCUT2D eigenvalue weighted by Gasteiger charge is -2.18. The van der Waals surface area contributed by atoms with Crippen molar-refractivity contribution < 1.29 is 14.0 Å². The van der Waals surface area contributed by atoms with Gasteiger partial charge in [0.15, 0.2) is 0 Å². The van der Waals surface area contributed by atoms with E-state index in [1.807, 2.05) is 18.2 Å². The molecule has 1 fully saturated rings. The van der Waals surface area contributed by atoms with Crippen molar-refractivity contribution in [3.8, 4) is 0 Å². The number of halogens is 6. The first-order valence-electron chi connectivity index (χ1n) is 9.97. The summed E-state index contributed by atoms with van der Waals surface area (Å²) >= 11 is 26.1. The van der Waals surface area contributed by atoms with Crippen LogP contribution in [0.4, 0.5) is 15.8 Å². The Morgan fingerprint density at radius 2 is 1.62 bits per heavy atom. The second kappa shape index (κ2) is 9.78. The Morgan fingerprint density at radius 1 is 1.00 bits per heavy atom. The van der Waals surface area contributed by atoms with Crippen LogP contribution in [0.1, 0.15) is 21.8 Å². The summed E-state index contributed by atoms with van der Waals surface area (Å²) in [6.07, 6.45) is 0. The number of hydrogen-bond acceptors (Lipinski definition) is 2. The zero-order valence-corrected chi connectivity index (χ0v) is 22.9. The van der Waals surface area contributed by atoms with E-state index in [2.05, 4.69) is 37.2 Å². The fourth-order valence-electron chi connectivity index (χ4n) is 3.77. The highest BCUT2D eigenvalue weighted by Crippen LogP contribution is 2.65. The van der Waals surface area contributed by atoms with Gasteiger partial charge in [0.05, 0.1) is 16.5 Å². The van der Waals surface area contributed by atoms with Gasteiger partial charge in [-0.1, -0.05) is 43.5 Å². The van der Waals surface area contributed by atoms with Gasteiger partial charge in [0.25, 0.3) is 5.91 Å². The normalized spacial score (nSPS) is 18.3. The van der Waals surface area contributed by atoms with Gasteiger partial charge in [-0.3, -0.25) is 9.59 Å². The zero-order valence-electron chi connectivity index (χ0n) is 17.5. The van der Waals surface area contributed by atoms with E-state index in [1.54, 1.807) is 13.1 Å². The summed E-state index contributed by atoms with van der Waals surface area (Å²) in [4.78, 5) is 27.4. The lowest BCUT2D eigenvalue weighted by Crippen LogP contribution is -2.26. The molecule has 4 rings (SSSR count). The monoisotopic (exact) mass is 646 g/mol. The maximum absolute atomic E-state index is 13.2. The summed E-state index contributed by atoms with van der Waals surface area (Å²) in [5.41, 5.74) is 1.86. The molecule has 1 aliphatic carbocycles. The second-order valence-electron chi connectivity index (χ2n) is 7.86. The summed E-state index contributed by atoms with van der Waals surface area (Å²) in [5.74, 6) is -2.29. The van der Waals surface area contributed by atoms with E-state index in [0.717, 1.165) is 14.5 Å². The third-order valence-electron chi connectivity index (χ3n) is 5.56. The van der Waals surface area contributed by atoms with Crippen molar-refractivity contribution in [2.24, 2.45) is 5.92 Å². The molecule has 3 aromatic carbocycles. The molecule has 1 N–H and O–H groups in total. The highest BCUT2D eigenvalue weighted by Gasteiger charge is 2.67. The number of carbonyl (C=O) groups excluding carboxylic acids is 2. The molecule has 0 saturated heterocycles. The van der Waals surface area contributed by atoms with Crippen molar-refractivity contribution in [1.82, 2.24) is 0 Å². The van der Waals surface area contributed by atoms with Crippen LogP contribution in [0.2, 0.25) is 5.02 Å². The maximum atomic E-state index is 13.2. The molecule has 3 aromatic rings. The molecule has 0 radical (unpaired) electrons. The number of carbonyl (C=O) groups is 2. The minimum absolute atomic E-state index is 0.178. The number of rotatable bonds is 5. The van der Waals surface area contributed by atoms with Crippen LogP contribution in [0.3, 0.4) is 0 Å². The van der Waals surface area contributed by atoms with E-state index in [1.165, 1.54) is 41.3 Å². The molecule has 176 valence electrons. The molecule has 0 unspecified atom stereocenters. The predicted molar refractivity (Wildman–Crippen MR) is 142 cm³/mol. The quantitative estimate of drug-likeness (QED) is 0.287. The maximum Gasteiger partial charge on any atom is 0.259 e. The Hall–Kier alpha value is -1.64. The lowest BCUT2D eigenvalue weighted by molar-refractivity contribution is -0.117. The molecular formula is C24H16Br2Cl3FN2O2. The molecule has 4 nitrogen and oxygen atoms in total. The minimum atomic E-state index is -1.27. The first kappa shape index (κ1) is 25.5. The van der Waals surface area contributed by atoms with E-state index in [-0.39, 0.29) is 16.5 Å². The standard InChI is InChI=1S/C24H16Br2Cl3FN2O2/c1-32(17-5-2-15(30)3-6-17)23(34)18-11-16(4-7-19(18)27)31-22(33)21-20(24(21,28)29)12-8-13(25)10-14(26)9-12/h2-11,20-21H,1H3,(H,31,33)/t20-,21+/m1/s1. The summed E-state index contributed by atoms with van der Waals surface area (Å²) in [7, 11) is 1.55. The first-order chi connectivity index (χ1) is 16.0. The van der Waals surface area contributed by atoms with Gasteiger partial charge in [0.1, 0.15) is 10.2 Å². The Kier molecular flexibility index (Phi) is 7.32. The minimum Gasteiger partial charge on any atom is -0.326 e. The summed E-state index contributed by atoms with van der Waals surface area (Å²) < 4.78 is 13.6. The van der Waals surface area contributed by atoms with Crippen LogP contribution in [0.25, 0.3) is 0 Å². The molecule has 2 atom stereocenters. The number of hydrogen-bond donors (Lipinski definition) is 1. The molecule has 0 bridgehead atoms. The van der Waals surface area contributed by atoms with E-state index >= 15 is 0 Å². The predicted octanol–water partition coefficient (Wildman–Crippen LogP) is 7.81. The summed E-state index contributed by atoms with van der Waals surface area (Å²) in [6.45, 7) is 0. The molecule has 0 heterocycles. The molecule has 0 spiro atoms. The smallest absolute Gasteiger partial charge is 0.259 e. The number of amides is 2. The van der Waals surface area contributed by atoms with Gasteiger partial charge in [-0.2, -0.15) is 0 Å². The Bertz CT molecular complexity index is 1270. The molecule has 0 aliphatic heterocycles. The van der Waals surface area contributed by atoms with Gasteiger partial charge in [0.2, 0.25) is 5.91 Å². The van der Waals surface area contributed by atoms with Gasteiger partial charge in [-0.25, -0.2) is 4.39 Å². The van der Waals surface area contributed by atoms with Gasteiger partial charge in [0, 0.05) is 33.3 Å². The average Bonchev–Trinajstić information content (AvgIpc) is 3.36. The lowest BCUT2D eigenvalue weighted by atomic mass is 10.1. The van der Waals surface area contributed by atoms with Crippen molar-refractivity contribution in [2.45, 2.75) is 10.3 Å². The van der Waals surface area contributed by atoms with Crippen LogP contribution >= 0.6 is 66.7 Å². The summed E-state index contributed by atoms with van der Waals surface area (Å²) in [5, 5.41) is 3.00. The van der Waals surface area contributed by atoms with Crippen molar-refractivity contribution in [2.75, 3.05) is 17.3 Å². The van der Waals surface area contributed by atoms with Gasteiger partial charge in [-0.15, -0.1) is 23.2 Å². The molecule has 10 heteroatoms. The number of nitrogens with zero attached hydrogens (tertiary/aromatic N) is 1. The van der Waals surface area contributed by atoms with E-state index in [9.17, 15) is 14.0 Å². The highest BCUT2D eigenvalue weighted by molar-refractivity contribution is 9.11. The van der Waals surface area contributed by atoms with Crippen molar-refractivity contribution in [3.63, 3.8) is 0 Å². The van der Waals surface area contributed by atoms with Crippen molar-refractivity contribution in [3.05, 3.63) is 91.6 Å². The fraction of sp³-hybridized carbons (Fsp3) is 0.167. The van der Waals surface area contributed by atoms with Crippen LogP contribution in [0.15, 0.2) is 69.6 Å². The Balaban J connectivity index is 1.53. The Morgan fingerprint density at radius 3 is 2.24 bits per heavy atom. The van der Waals surface area contributed by atoms with Crippen LogP contribution in [-0.4, -0.2) is 23.2 Å². The van der Waals surface area contributed by atoms with Crippen molar-refractivity contribution in [1.29, 1.82) is 0 Å². The van der Waals surface area contributed by atoms with Crippen LogP contribution in [0, 0.1) is 11.7 Å². The van der Waals surface area contributed by atoms with Crippen molar-refractivity contribution >= 4 is 89.9 Å². The van der Waals surface area contributed by atoms with Crippen LogP contribution in [-0.2, 0) is 4.79 Å². The van der Waals surface area contributed by atoms with Gasteiger partial charge in [-0.05, 0) is 66.2 Å². The molecular weight excluding hydrogens is 633 g/mol. The molecule has 1 saturated carbocycles. The average molecular weight is 650 g/mol. The Labute approximate surface area is 227 Å². The largest absolute Gasteiger partial charge is 0.326 e. The van der Waals surface area contributed by atoms with E-state index in [4.69, 9.17) is 34.8 Å². The summed E-state index contributed by atoms with van der Waals surface area (Å²) in [6, 6.07) is 15.7. The second-order valence-corrected chi connectivity index (χ2v) is 11.5. The number of alkyl halides is 2. The zero-order chi connectivity index (χ0) is 24.8. The van der Waals surface area contributed by atoms with E-state index < -0.39 is 27.9 Å². The molecule has 0 aromatic heterocycles. The van der Waals surface area contributed by atoms with Crippen LogP contribution < -0.4 is 10.2 Å². The SMILES string of the molecule is CN(C(=O)c1cc(NC(=O)[C@@H]2[C@@H](c3cc(Br)cc(Br)c3)C2(Cl)Cl)ccc1Cl)c1ccc(F)cc1. The number of nitrogens with one attached hydrogen (secondary N) is 1. The number of anilines is 2. The highest BCUT2D eigenvalue weighted by atomic mass is 79.9. The molecule has 2 amide bonds. The van der Waals surface area contributed by atoms with Crippen LogP contribution in [0.5, 0.6) is 0 Å².